The Morgan fingerprint density at radius 2 is 1.88 bits per heavy atom. The number of rotatable bonds is 2. The van der Waals surface area contributed by atoms with E-state index in [9.17, 15) is 14.7 Å². The highest BCUT2D eigenvalue weighted by atomic mass is 16.7. The fraction of sp³-hybridized carbons (Fsp3) is 0.680. The first-order valence-corrected chi connectivity index (χ1v) is 11.4. The van der Waals surface area contributed by atoms with Crippen molar-refractivity contribution in [1.82, 2.24) is 0 Å². The largest absolute Gasteiger partial charge is 0.453 e. The molecule has 2 fully saturated rings. The van der Waals surface area contributed by atoms with Gasteiger partial charge in [-0.2, -0.15) is 0 Å². The predicted molar refractivity (Wildman–Crippen MR) is 116 cm³/mol. The lowest BCUT2D eigenvalue weighted by molar-refractivity contribution is -0.217. The molecule has 1 N–H and O–H groups in total. The monoisotopic (exact) mass is 446 g/mol. The predicted octanol–water partition coefficient (Wildman–Crippen LogP) is 3.57. The molecule has 0 radical (unpaired) electrons. The number of esters is 2. The molecule has 0 aromatic heterocycles. The second-order valence-electron chi connectivity index (χ2n) is 10.1. The third-order valence-corrected chi connectivity index (χ3v) is 7.71. The molecule has 0 saturated carbocycles. The molecule has 4 rings (SSSR count). The number of methoxy groups -OCH3 is 1. The van der Waals surface area contributed by atoms with Crippen LogP contribution in [0.1, 0.15) is 60.8 Å². The van der Waals surface area contributed by atoms with Gasteiger partial charge in [0.15, 0.2) is 11.9 Å². The van der Waals surface area contributed by atoms with Crippen molar-refractivity contribution in [1.29, 1.82) is 0 Å². The minimum absolute atomic E-state index is 0.00492. The van der Waals surface area contributed by atoms with Crippen LogP contribution < -0.4 is 0 Å². The van der Waals surface area contributed by atoms with Crippen molar-refractivity contribution in [2.45, 2.75) is 84.4 Å². The quantitative estimate of drug-likeness (QED) is 0.512. The first-order chi connectivity index (χ1) is 14.9. The van der Waals surface area contributed by atoms with Crippen LogP contribution in [0.25, 0.3) is 0 Å². The first kappa shape index (κ1) is 23.2. The molecule has 7 heteroatoms. The molecule has 0 bridgehead atoms. The van der Waals surface area contributed by atoms with Crippen molar-refractivity contribution in [2.75, 3.05) is 7.11 Å². The molecule has 3 heterocycles. The number of allylic oxidation sites excluding steroid dienone is 2. The zero-order valence-corrected chi connectivity index (χ0v) is 20.0. The maximum absolute atomic E-state index is 12.8. The van der Waals surface area contributed by atoms with E-state index in [0.29, 0.717) is 25.0 Å². The van der Waals surface area contributed by atoms with Gasteiger partial charge in [-0.1, -0.05) is 19.9 Å². The number of ether oxygens (including phenoxy) is 4. The lowest BCUT2D eigenvalue weighted by Gasteiger charge is -2.41. The van der Waals surface area contributed by atoms with E-state index in [0.717, 1.165) is 22.3 Å². The van der Waals surface area contributed by atoms with E-state index in [1.165, 1.54) is 0 Å². The maximum Gasteiger partial charge on any atom is 0.340 e. The topological polar surface area (TPSA) is 91.3 Å². The van der Waals surface area contributed by atoms with Crippen molar-refractivity contribution >= 4 is 11.9 Å². The standard InChI is InChI=1S/C25H34O7/c1-12(2)16-15-9-8-13(3)21-17-18(25(6,29-7)31-21)22(27)30-20(17)14(4)10-11-24(15,5)32-23(28)19(16)26/h8,12,17-19,21,26H,9-11H2,1-7H3/b13-8-,20-14+/t17-,18+,19+,21-,24-,25+/m0/s1. The van der Waals surface area contributed by atoms with Crippen molar-refractivity contribution in [2.24, 2.45) is 17.8 Å². The molecule has 1 aliphatic carbocycles. The summed E-state index contributed by atoms with van der Waals surface area (Å²) in [5, 5.41) is 10.6. The molecule has 0 spiro atoms. The highest BCUT2D eigenvalue weighted by Crippen LogP contribution is 2.53. The molecular weight excluding hydrogens is 412 g/mol. The van der Waals surface area contributed by atoms with Crippen LogP contribution in [0.15, 0.2) is 34.1 Å². The Labute approximate surface area is 189 Å². The van der Waals surface area contributed by atoms with Gasteiger partial charge < -0.3 is 24.1 Å². The highest BCUT2D eigenvalue weighted by Gasteiger charge is 2.63. The Hall–Kier alpha value is -1.96. The van der Waals surface area contributed by atoms with Crippen molar-refractivity contribution < 1.29 is 33.6 Å². The van der Waals surface area contributed by atoms with Gasteiger partial charge in [-0.3, -0.25) is 4.79 Å². The number of carbonyl (C=O) groups excluding carboxylic acids is 2. The summed E-state index contributed by atoms with van der Waals surface area (Å²) in [5.41, 5.74) is 2.71. The van der Waals surface area contributed by atoms with Crippen LogP contribution in [0.2, 0.25) is 0 Å². The average Bonchev–Trinajstić information content (AvgIpc) is 3.23. The minimum Gasteiger partial charge on any atom is -0.453 e. The number of hydrogen-bond donors (Lipinski definition) is 1. The third-order valence-electron chi connectivity index (χ3n) is 7.71. The molecule has 0 unspecified atom stereocenters. The SMILES string of the molecule is CO[C@]1(C)O[C@H]2/C(C)=C\CC3=C(C(C)C)[C@@H](O)C(=O)O[C@@]3(C)CC/C(C)=C3/OC(=O)[C@H]1[C@@H]32. The Bertz CT molecular complexity index is 942. The fourth-order valence-corrected chi connectivity index (χ4v) is 5.78. The summed E-state index contributed by atoms with van der Waals surface area (Å²) in [6.07, 6.45) is 2.07. The summed E-state index contributed by atoms with van der Waals surface area (Å²) < 4.78 is 23.6. The van der Waals surface area contributed by atoms with Gasteiger partial charge >= 0.3 is 11.9 Å². The van der Waals surface area contributed by atoms with E-state index in [-0.39, 0.29) is 23.9 Å². The van der Waals surface area contributed by atoms with Gasteiger partial charge in [0.25, 0.3) is 0 Å². The van der Waals surface area contributed by atoms with Crippen LogP contribution in [-0.2, 0) is 28.5 Å². The zero-order valence-electron chi connectivity index (χ0n) is 20.0. The number of hydrogen-bond acceptors (Lipinski definition) is 7. The van der Waals surface area contributed by atoms with E-state index in [2.05, 4.69) is 6.08 Å². The second-order valence-corrected chi connectivity index (χ2v) is 10.1. The van der Waals surface area contributed by atoms with Gasteiger partial charge in [-0.05, 0) is 75.2 Å². The molecule has 7 nitrogen and oxygen atoms in total. The number of aliphatic hydroxyl groups excluding tert-OH is 1. The molecule has 4 aliphatic rings. The van der Waals surface area contributed by atoms with Crippen molar-refractivity contribution in [3.05, 3.63) is 34.1 Å². The Morgan fingerprint density at radius 3 is 2.50 bits per heavy atom. The molecule has 176 valence electrons. The molecule has 0 aromatic rings. The Balaban J connectivity index is 1.87. The van der Waals surface area contributed by atoms with Gasteiger partial charge in [-0.15, -0.1) is 0 Å². The summed E-state index contributed by atoms with van der Waals surface area (Å²) in [6.45, 7) is 11.6. The molecule has 0 aromatic carbocycles. The van der Waals surface area contributed by atoms with Gasteiger partial charge in [0, 0.05) is 7.11 Å². The van der Waals surface area contributed by atoms with Crippen LogP contribution in [0.5, 0.6) is 0 Å². The average molecular weight is 447 g/mol. The second kappa shape index (κ2) is 7.82. The summed E-state index contributed by atoms with van der Waals surface area (Å²) in [7, 11) is 1.55. The lowest BCUT2D eigenvalue weighted by atomic mass is 9.77. The van der Waals surface area contributed by atoms with Gasteiger partial charge in [0.1, 0.15) is 17.3 Å². The van der Waals surface area contributed by atoms with Gasteiger partial charge in [-0.25, -0.2) is 4.79 Å². The van der Waals surface area contributed by atoms with Gasteiger partial charge in [0.2, 0.25) is 0 Å². The van der Waals surface area contributed by atoms with Crippen molar-refractivity contribution in [3.8, 4) is 0 Å². The van der Waals surface area contributed by atoms with Crippen LogP contribution in [0.3, 0.4) is 0 Å². The maximum atomic E-state index is 12.8. The smallest absolute Gasteiger partial charge is 0.340 e. The number of aliphatic hydroxyl groups is 1. The number of carbonyl (C=O) groups is 2. The van der Waals surface area contributed by atoms with Crippen LogP contribution in [0.4, 0.5) is 0 Å². The normalized spacial score (nSPS) is 43.8. The molecule has 6 atom stereocenters. The molecule has 32 heavy (non-hydrogen) atoms. The van der Waals surface area contributed by atoms with E-state index in [1.807, 2.05) is 34.6 Å². The lowest BCUT2D eigenvalue weighted by Crippen LogP contribution is -2.46. The molecular formula is C25H34O7. The first-order valence-electron chi connectivity index (χ1n) is 11.4. The summed E-state index contributed by atoms with van der Waals surface area (Å²) in [6, 6.07) is 0. The van der Waals surface area contributed by atoms with Crippen LogP contribution in [0, 0.1) is 17.8 Å². The third kappa shape index (κ3) is 3.37. The molecule has 3 aliphatic heterocycles. The Morgan fingerprint density at radius 1 is 1.19 bits per heavy atom. The van der Waals surface area contributed by atoms with E-state index < -0.39 is 29.4 Å². The van der Waals surface area contributed by atoms with Crippen LogP contribution >= 0.6 is 0 Å². The molecule has 2 saturated heterocycles. The zero-order chi connectivity index (χ0) is 23.6. The van der Waals surface area contributed by atoms with Gasteiger partial charge in [0.05, 0.1) is 12.0 Å². The number of fused-ring (bicyclic) bond motifs is 1. The summed E-state index contributed by atoms with van der Waals surface area (Å²) in [5.74, 6) is -2.18. The Kier molecular flexibility index (Phi) is 5.67. The van der Waals surface area contributed by atoms with E-state index >= 15 is 0 Å². The summed E-state index contributed by atoms with van der Waals surface area (Å²) in [4.78, 5) is 25.4. The fourth-order valence-electron chi connectivity index (χ4n) is 5.78. The van der Waals surface area contributed by atoms with E-state index in [4.69, 9.17) is 18.9 Å². The minimum atomic E-state index is -1.25. The van der Waals surface area contributed by atoms with E-state index in [1.54, 1.807) is 14.0 Å². The van der Waals surface area contributed by atoms with Crippen molar-refractivity contribution in [3.63, 3.8) is 0 Å². The highest BCUT2D eigenvalue weighted by molar-refractivity contribution is 5.81. The molecule has 0 amide bonds. The summed E-state index contributed by atoms with van der Waals surface area (Å²) >= 11 is 0. The van der Waals surface area contributed by atoms with Crippen LogP contribution in [-0.4, -0.2) is 47.8 Å².